The van der Waals surface area contributed by atoms with Crippen LogP contribution in [0.3, 0.4) is 0 Å². The summed E-state index contributed by atoms with van der Waals surface area (Å²) in [6.45, 7) is 6.02. The summed E-state index contributed by atoms with van der Waals surface area (Å²) in [5.41, 5.74) is 3.77. The summed E-state index contributed by atoms with van der Waals surface area (Å²) in [4.78, 5) is 12.4. The Kier molecular flexibility index (Phi) is 6.59. The van der Waals surface area contributed by atoms with Gasteiger partial charge in [0.25, 0.3) is 0 Å². The molecule has 0 unspecified atom stereocenters. The fourth-order valence-corrected chi connectivity index (χ4v) is 9.04. The van der Waals surface area contributed by atoms with E-state index in [0.29, 0.717) is 22.7 Å². The molecule has 6 rings (SSSR count). The SMILES string of the molecule is Cc1cc(S(=O)(=O)C2CC3(CCN(C)CC3)C2)ccc1Nc1ncc(C2CC2)c(C2CCC(C)(O)CC2)n1. The molecule has 7 nitrogen and oxygen atoms in total. The first-order valence-electron chi connectivity index (χ1n) is 14.4. The van der Waals surface area contributed by atoms with Gasteiger partial charge < -0.3 is 15.3 Å². The molecule has 2 heterocycles. The fraction of sp³-hybridized carbons (Fsp3) is 0.667. The van der Waals surface area contributed by atoms with Crippen LogP contribution in [0.15, 0.2) is 29.3 Å². The zero-order valence-corrected chi connectivity index (χ0v) is 23.9. The number of anilines is 2. The third-order valence-corrected chi connectivity index (χ3v) is 12.0. The van der Waals surface area contributed by atoms with Crippen molar-refractivity contribution in [2.75, 3.05) is 25.5 Å². The lowest BCUT2D eigenvalue weighted by atomic mass is 9.63. The van der Waals surface area contributed by atoms with E-state index in [0.717, 1.165) is 81.4 Å². The number of hydrogen-bond acceptors (Lipinski definition) is 7. The molecule has 1 spiro atoms. The summed E-state index contributed by atoms with van der Waals surface area (Å²) in [6.07, 6.45) is 11.7. The quantitative estimate of drug-likeness (QED) is 0.504. The number of benzene rings is 1. The van der Waals surface area contributed by atoms with Crippen LogP contribution in [0.2, 0.25) is 0 Å². The summed E-state index contributed by atoms with van der Waals surface area (Å²) >= 11 is 0. The molecular weight excluding hydrogens is 496 g/mol. The van der Waals surface area contributed by atoms with Gasteiger partial charge in [0.15, 0.2) is 9.84 Å². The predicted octanol–water partition coefficient (Wildman–Crippen LogP) is 5.46. The molecule has 1 aromatic heterocycles. The molecule has 38 heavy (non-hydrogen) atoms. The highest BCUT2D eigenvalue weighted by molar-refractivity contribution is 7.92. The number of nitrogens with zero attached hydrogens (tertiary/aromatic N) is 3. The Balaban J connectivity index is 1.17. The zero-order chi connectivity index (χ0) is 26.7. The van der Waals surface area contributed by atoms with E-state index in [1.165, 1.54) is 18.4 Å². The summed E-state index contributed by atoms with van der Waals surface area (Å²) in [6, 6.07) is 5.41. The topological polar surface area (TPSA) is 95.4 Å². The van der Waals surface area contributed by atoms with Gasteiger partial charge in [0.05, 0.1) is 21.4 Å². The molecule has 4 aliphatic rings. The van der Waals surface area contributed by atoms with E-state index in [1.54, 1.807) is 12.1 Å². The Bertz CT molecular complexity index is 1290. The van der Waals surface area contributed by atoms with Gasteiger partial charge in [0.2, 0.25) is 5.95 Å². The highest BCUT2D eigenvalue weighted by Crippen LogP contribution is 2.52. The van der Waals surface area contributed by atoms with Crippen molar-refractivity contribution in [1.82, 2.24) is 14.9 Å². The van der Waals surface area contributed by atoms with Crippen molar-refractivity contribution in [2.45, 2.75) is 106 Å². The molecule has 0 radical (unpaired) electrons. The standard InChI is InChI=1S/C30H42N4O3S/c1-20-16-23(38(36,37)24-17-30(18-24)12-14-34(3)15-13-30)6-7-26(20)32-28-31-19-25(21-4-5-21)27(33-28)22-8-10-29(2,35)11-9-22/h6-7,16,19,21-22,24,35H,4-5,8-15,17-18H2,1-3H3,(H,31,32,33). The van der Waals surface area contributed by atoms with Crippen molar-refractivity contribution in [3.63, 3.8) is 0 Å². The van der Waals surface area contributed by atoms with E-state index in [-0.39, 0.29) is 10.7 Å². The Hall–Kier alpha value is -2.03. The van der Waals surface area contributed by atoms with E-state index in [4.69, 9.17) is 4.98 Å². The highest BCUT2D eigenvalue weighted by Gasteiger charge is 2.50. The maximum atomic E-state index is 13.4. The zero-order valence-electron chi connectivity index (χ0n) is 23.0. The number of aromatic nitrogens is 2. The number of rotatable bonds is 6. The number of aliphatic hydroxyl groups is 1. The third kappa shape index (κ3) is 5.11. The van der Waals surface area contributed by atoms with Crippen molar-refractivity contribution in [3.8, 4) is 0 Å². The van der Waals surface area contributed by atoms with E-state index in [1.807, 2.05) is 26.1 Å². The van der Waals surface area contributed by atoms with Gasteiger partial charge in [0, 0.05) is 17.8 Å². The monoisotopic (exact) mass is 538 g/mol. The van der Waals surface area contributed by atoms with Gasteiger partial charge in [-0.3, -0.25) is 0 Å². The van der Waals surface area contributed by atoms with Crippen LogP contribution in [0.4, 0.5) is 11.6 Å². The minimum Gasteiger partial charge on any atom is -0.390 e. The maximum Gasteiger partial charge on any atom is 0.227 e. The van der Waals surface area contributed by atoms with Crippen LogP contribution in [0.25, 0.3) is 0 Å². The van der Waals surface area contributed by atoms with E-state index >= 15 is 0 Å². The molecule has 0 amide bonds. The van der Waals surface area contributed by atoms with Crippen molar-refractivity contribution in [2.24, 2.45) is 5.41 Å². The van der Waals surface area contributed by atoms with Crippen LogP contribution in [-0.2, 0) is 9.84 Å². The number of likely N-dealkylation sites (tertiary alicyclic amines) is 1. The molecular formula is C30H42N4O3S. The average Bonchev–Trinajstić information content (AvgIpc) is 3.70. The number of sulfone groups is 1. The molecule has 3 aliphatic carbocycles. The lowest BCUT2D eigenvalue weighted by Gasteiger charge is -2.51. The van der Waals surface area contributed by atoms with E-state index in [2.05, 4.69) is 22.2 Å². The second-order valence-electron chi connectivity index (χ2n) is 13.1. The third-order valence-electron chi connectivity index (χ3n) is 9.90. The molecule has 1 aromatic carbocycles. The van der Waals surface area contributed by atoms with Gasteiger partial charge in [-0.2, -0.15) is 0 Å². The molecule has 1 aliphatic heterocycles. The minimum absolute atomic E-state index is 0.233. The Morgan fingerprint density at radius 3 is 2.34 bits per heavy atom. The van der Waals surface area contributed by atoms with Crippen molar-refractivity contribution in [3.05, 3.63) is 41.2 Å². The minimum atomic E-state index is -3.34. The van der Waals surface area contributed by atoms with Crippen LogP contribution >= 0.6 is 0 Å². The van der Waals surface area contributed by atoms with Gasteiger partial charge >= 0.3 is 0 Å². The Labute approximate surface area is 227 Å². The van der Waals surface area contributed by atoms with Gasteiger partial charge in [-0.25, -0.2) is 18.4 Å². The molecule has 2 N–H and O–H groups in total. The van der Waals surface area contributed by atoms with Gasteiger partial charge in [-0.1, -0.05) is 0 Å². The molecule has 0 bridgehead atoms. The first-order valence-corrected chi connectivity index (χ1v) is 16.0. The van der Waals surface area contributed by atoms with Crippen LogP contribution in [-0.4, -0.2) is 59.4 Å². The van der Waals surface area contributed by atoms with Gasteiger partial charge in [-0.15, -0.1) is 0 Å². The lowest BCUT2D eigenvalue weighted by molar-refractivity contribution is 0.0167. The molecule has 206 valence electrons. The summed E-state index contributed by atoms with van der Waals surface area (Å²) < 4.78 is 26.9. The largest absolute Gasteiger partial charge is 0.390 e. The van der Waals surface area contributed by atoms with Crippen molar-refractivity contribution < 1.29 is 13.5 Å². The number of piperidine rings is 1. The Morgan fingerprint density at radius 1 is 1.03 bits per heavy atom. The second kappa shape index (κ2) is 9.56. The Morgan fingerprint density at radius 2 is 1.71 bits per heavy atom. The van der Waals surface area contributed by atoms with Gasteiger partial charge in [-0.05, 0) is 139 Å². The molecule has 3 saturated carbocycles. The second-order valence-corrected chi connectivity index (χ2v) is 15.3. The first-order chi connectivity index (χ1) is 18.0. The van der Waals surface area contributed by atoms with Crippen LogP contribution in [0.5, 0.6) is 0 Å². The van der Waals surface area contributed by atoms with E-state index in [9.17, 15) is 13.5 Å². The van der Waals surface area contributed by atoms with Crippen LogP contribution in [0, 0.1) is 12.3 Å². The normalized spacial score (nSPS) is 28.3. The fourth-order valence-electron chi connectivity index (χ4n) is 6.91. The van der Waals surface area contributed by atoms with E-state index < -0.39 is 15.4 Å². The summed E-state index contributed by atoms with van der Waals surface area (Å²) in [5.74, 6) is 1.47. The smallest absolute Gasteiger partial charge is 0.227 e. The first kappa shape index (κ1) is 26.2. The van der Waals surface area contributed by atoms with Crippen LogP contribution < -0.4 is 5.32 Å². The number of aryl methyl sites for hydroxylation is 1. The molecule has 8 heteroatoms. The highest BCUT2D eigenvalue weighted by atomic mass is 32.2. The molecule has 4 fully saturated rings. The molecule has 1 saturated heterocycles. The average molecular weight is 539 g/mol. The molecule has 0 atom stereocenters. The van der Waals surface area contributed by atoms with Crippen molar-refractivity contribution in [1.29, 1.82) is 0 Å². The van der Waals surface area contributed by atoms with Crippen LogP contribution in [0.1, 0.15) is 99.8 Å². The summed E-state index contributed by atoms with van der Waals surface area (Å²) in [7, 11) is -1.19. The molecule has 2 aromatic rings. The predicted molar refractivity (Wildman–Crippen MR) is 150 cm³/mol. The summed E-state index contributed by atoms with van der Waals surface area (Å²) in [5, 5.41) is 13.5. The number of hydrogen-bond donors (Lipinski definition) is 2. The van der Waals surface area contributed by atoms with Crippen molar-refractivity contribution >= 4 is 21.5 Å². The lowest BCUT2D eigenvalue weighted by Crippen LogP contribution is -2.50. The maximum absolute atomic E-state index is 13.4. The number of nitrogens with one attached hydrogen (secondary N) is 1. The van der Waals surface area contributed by atoms with Gasteiger partial charge in [0.1, 0.15) is 0 Å².